The van der Waals surface area contributed by atoms with Crippen LogP contribution in [-0.4, -0.2) is 47.8 Å². The molecule has 0 saturated carbocycles. The van der Waals surface area contributed by atoms with Crippen molar-refractivity contribution in [3.8, 4) is 5.75 Å². The van der Waals surface area contributed by atoms with Gasteiger partial charge in [-0.3, -0.25) is 9.88 Å². The topological polar surface area (TPSA) is 57.6 Å². The first kappa shape index (κ1) is 23.3. The summed E-state index contributed by atoms with van der Waals surface area (Å²) >= 11 is 6.07. The van der Waals surface area contributed by atoms with Crippen LogP contribution in [0.4, 0.5) is 10.1 Å². The number of rotatable bonds is 11. The van der Waals surface area contributed by atoms with Crippen molar-refractivity contribution >= 4 is 28.2 Å². The lowest BCUT2D eigenvalue weighted by atomic mass is 10.1. The van der Waals surface area contributed by atoms with Crippen LogP contribution in [0, 0.1) is 5.82 Å². The minimum absolute atomic E-state index is 0.0675. The zero-order chi connectivity index (χ0) is 22.2. The number of methoxy groups -OCH3 is 1. The fourth-order valence-corrected chi connectivity index (χ4v) is 3.85. The Morgan fingerprint density at radius 3 is 2.77 bits per heavy atom. The third-order valence-corrected chi connectivity index (χ3v) is 5.49. The van der Waals surface area contributed by atoms with Crippen LogP contribution in [-0.2, 0) is 6.54 Å². The van der Waals surface area contributed by atoms with E-state index < -0.39 is 0 Å². The van der Waals surface area contributed by atoms with Gasteiger partial charge in [-0.15, -0.1) is 0 Å². The predicted molar refractivity (Wildman–Crippen MR) is 124 cm³/mol. The molecule has 0 aliphatic rings. The summed E-state index contributed by atoms with van der Waals surface area (Å²) in [6, 6.07) is 12.9. The van der Waals surface area contributed by atoms with Gasteiger partial charge in [-0.2, -0.15) is 0 Å². The molecule has 0 spiro atoms. The number of benzene rings is 2. The summed E-state index contributed by atoms with van der Waals surface area (Å²) in [6.45, 7) is 4.16. The lowest BCUT2D eigenvalue weighted by Crippen LogP contribution is -2.28. The molecule has 0 saturated heterocycles. The third kappa shape index (κ3) is 6.53. The monoisotopic (exact) mass is 445 g/mol. The lowest BCUT2D eigenvalue weighted by molar-refractivity contribution is 0.187. The molecule has 5 nitrogen and oxygen atoms in total. The Kier molecular flexibility index (Phi) is 8.46. The molecule has 7 heteroatoms. The van der Waals surface area contributed by atoms with Gasteiger partial charge in [0.2, 0.25) is 0 Å². The van der Waals surface area contributed by atoms with E-state index in [2.05, 4.69) is 22.1 Å². The fourth-order valence-electron chi connectivity index (χ4n) is 3.68. The number of nitrogens with zero attached hydrogens (tertiary/aromatic N) is 2. The number of nitrogens with one attached hydrogen (secondary N) is 1. The van der Waals surface area contributed by atoms with Crippen molar-refractivity contribution in [2.24, 2.45) is 0 Å². The molecular weight excluding hydrogens is 417 g/mol. The molecule has 2 N–H and O–H groups in total. The van der Waals surface area contributed by atoms with Crippen molar-refractivity contribution in [3.63, 3.8) is 0 Å². The number of aliphatic hydroxyl groups excluding tert-OH is 1. The molecule has 0 amide bonds. The summed E-state index contributed by atoms with van der Waals surface area (Å²) in [6.07, 6.45) is 3.68. The average molecular weight is 446 g/mol. The molecule has 0 fully saturated rings. The maximum atomic E-state index is 14.0. The second-order valence-electron chi connectivity index (χ2n) is 7.68. The molecule has 0 aliphatic heterocycles. The third-order valence-electron chi connectivity index (χ3n) is 5.26. The van der Waals surface area contributed by atoms with Crippen molar-refractivity contribution in [1.82, 2.24) is 9.88 Å². The number of aromatic nitrogens is 1. The second-order valence-corrected chi connectivity index (χ2v) is 8.11. The van der Waals surface area contributed by atoms with E-state index in [0.717, 1.165) is 41.5 Å². The van der Waals surface area contributed by atoms with E-state index in [1.165, 1.54) is 13.2 Å². The molecule has 1 unspecified atom stereocenters. The van der Waals surface area contributed by atoms with Crippen molar-refractivity contribution in [2.45, 2.75) is 32.4 Å². The van der Waals surface area contributed by atoms with Gasteiger partial charge in [0.1, 0.15) is 0 Å². The molecule has 2 aromatic carbocycles. The maximum absolute atomic E-state index is 14.0. The summed E-state index contributed by atoms with van der Waals surface area (Å²) in [5.41, 5.74) is 2.76. The number of halogens is 2. The van der Waals surface area contributed by atoms with Gasteiger partial charge in [0, 0.05) is 41.4 Å². The van der Waals surface area contributed by atoms with E-state index in [0.29, 0.717) is 18.1 Å². The molecule has 0 bridgehead atoms. The molecule has 1 aromatic heterocycles. The van der Waals surface area contributed by atoms with Crippen LogP contribution in [0.2, 0.25) is 5.02 Å². The zero-order valence-electron chi connectivity index (χ0n) is 17.9. The minimum Gasteiger partial charge on any atom is -0.494 e. The number of hydrogen-bond donors (Lipinski definition) is 2. The fraction of sp³-hybridized carbons (Fsp3) is 0.375. The van der Waals surface area contributed by atoms with Gasteiger partial charge in [-0.05, 0) is 68.3 Å². The Bertz CT molecular complexity index is 1000. The summed E-state index contributed by atoms with van der Waals surface area (Å²) < 4.78 is 19.0. The maximum Gasteiger partial charge on any atom is 0.165 e. The van der Waals surface area contributed by atoms with Gasteiger partial charge >= 0.3 is 0 Å². The first-order valence-electron chi connectivity index (χ1n) is 10.5. The van der Waals surface area contributed by atoms with Crippen molar-refractivity contribution in [2.75, 3.05) is 32.1 Å². The number of fused-ring (bicyclic) bond motifs is 1. The van der Waals surface area contributed by atoms with E-state index in [1.54, 1.807) is 12.3 Å². The summed E-state index contributed by atoms with van der Waals surface area (Å²) in [4.78, 5) is 6.52. The Hall–Kier alpha value is -2.41. The van der Waals surface area contributed by atoms with Crippen LogP contribution in [0.5, 0.6) is 5.75 Å². The quantitative estimate of drug-likeness (QED) is 0.429. The van der Waals surface area contributed by atoms with Crippen LogP contribution in [0.1, 0.15) is 25.3 Å². The Morgan fingerprint density at radius 1 is 1.19 bits per heavy atom. The predicted octanol–water partition coefficient (Wildman–Crippen LogP) is 5.11. The Morgan fingerprint density at radius 2 is 2.03 bits per heavy atom. The molecule has 0 aliphatic carbocycles. The zero-order valence-corrected chi connectivity index (χ0v) is 18.7. The van der Waals surface area contributed by atoms with Crippen LogP contribution < -0.4 is 10.1 Å². The van der Waals surface area contributed by atoms with Crippen LogP contribution in [0.3, 0.4) is 0 Å². The molecule has 3 rings (SSSR count). The molecule has 1 heterocycles. The molecule has 31 heavy (non-hydrogen) atoms. The molecular formula is C24H29ClFN3O2. The lowest BCUT2D eigenvalue weighted by Gasteiger charge is -2.23. The summed E-state index contributed by atoms with van der Waals surface area (Å²) in [5.74, 6) is -0.129. The van der Waals surface area contributed by atoms with E-state index in [9.17, 15) is 9.50 Å². The number of ether oxygens (including phenoxy) is 1. The van der Waals surface area contributed by atoms with E-state index in [-0.39, 0.29) is 24.2 Å². The van der Waals surface area contributed by atoms with Crippen LogP contribution in [0.25, 0.3) is 10.9 Å². The average Bonchev–Trinajstić information content (AvgIpc) is 2.74. The number of aliphatic hydroxyl groups is 1. The van der Waals surface area contributed by atoms with E-state index >= 15 is 0 Å². The van der Waals surface area contributed by atoms with E-state index in [1.807, 2.05) is 30.3 Å². The smallest absolute Gasteiger partial charge is 0.165 e. The minimum atomic E-state index is -0.368. The number of anilines is 1. The highest BCUT2D eigenvalue weighted by atomic mass is 35.5. The van der Waals surface area contributed by atoms with Gasteiger partial charge < -0.3 is 15.2 Å². The van der Waals surface area contributed by atoms with Gasteiger partial charge in [-0.25, -0.2) is 4.39 Å². The Labute approximate surface area is 187 Å². The SMILES string of the molecule is COc1ccc(CN(CCO)CCCC(C)Nc2ccnc3cc(Cl)ccc23)cc1F. The molecule has 166 valence electrons. The van der Waals surface area contributed by atoms with Gasteiger partial charge in [-0.1, -0.05) is 17.7 Å². The first-order chi connectivity index (χ1) is 15.0. The summed E-state index contributed by atoms with van der Waals surface area (Å²) in [7, 11) is 1.45. The van der Waals surface area contributed by atoms with Gasteiger partial charge in [0.05, 0.1) is 19.2 Å². The van der Waals surface area contributed by atoms with Gasteiger partial charge in [0.25, 0.3) is 0 Å². The Balaban J connectivity index is 1.54. The highest BCUT2D eigenvalue weighted by Crippen LogP contribution is 2.25. The van der Waals surface area contributed by atoms with Crippen molar-refractivity contribution < 1.29 is 14.2 Å². The normalized spacial score (nSPS) is 12.3. The van der Waals surface area contributed by atoms with Crippen LogP contribution in [0.15, 0.2) is 48.7 Å². The van der Waals surface area contributed by atoms with E-state index in [4.69, 9.17) is 16.3 Å². The van der Waals surface area contributed by atoms with Crippen LogP contribution >= 0.6 is 11.6 Å². The second kappa shape index (κ2) is 11.3. The highest BCUT2D eigenvalue weighted by Gasteiger charge is 2.11. The summed E-state index contributed by atoms with van der Waals surface area (Å²) in [5, 5.41) is 14.7. The number of pyridine rings is 1. The first-order valence-corrected chi connectivity index (χ1v) is 10.8. The largest absolute Gasteiger partial charge is 0.494 e. The van der Waals surface area contributed by atoms with Crippen molar-refractivity contribution in [3.05, 3.63) is 65.1 Å². The molecule has 0 radical (unpaired) electrons. The van der Waals surface area contributed by atoms with Gasteiger partial charge in [0.15, 0.2) is 11.6 Å². The molecule has 3 aromatic rings. The van der Waals surface area contributed by atoms with Crippen molar-refractivity contribution in [1.29, 1.82) is 0 Å². The number of hydrogen-bond acceptors (Lipinski definition) is 5. The highest BCUT2D eigenvalue weighted by molar-refractivity contribution is 6.31. The molecule has 1 atom stereocenters. The standard InChI is InChI=1S/C24H29ClFN3O2/c1-17(28-22-9-10-27-23-15-19(25)6-7-20(22)23)4-3-11-29(12-13-30)16-18-5-8-24(31-2)21(26)14-18/h5-10,14-15,17,30H,3-4,11-13,16H2,1-2H3,(H,27,28).